The Morgan fingerprint density at radius 2 is 1.46 bits per heavy atom. The zero-order valence-corrected chi connectivity index (χ0v) is 15.2. The number of hydrogen-bond donors (Lipinski definition) is 0. The highest BCUT2D eigenvalue weighted by Crippen LogP contribution is 2.21. The van der Waals surface area contributed by atoms with E-state index >= 15 is 0 Å². The Kier molecular flexibility index (Phi) is 8.25. The highest BCUT2D eigenvalue weighted by atomic mass is 16.5. The van der Waals surface area contributed by atoms with E-state index < -0.39 is 0 Å². The van der Waals surface area contributed by atoms with Gasteiger partial charge in [0, 0.05) is 12.0 Å². The molecule has 0 saturated carbocycles. The lowest BCUT2D eigenvalue weighted by molar-refractivity contribution is 0.415. The van der Waals surface area contributed by atoms with E-state index in [-0.39, 0.29) is 0 Å². The van der Waals surface area contributed by atoms with Crippen LogP contribution in [0.15, 0.2) is 36.4 Å². The lowest BCUT2D eigenvalue weighted by Gasteiger charge is -2.02. The van der Waals surface area contributed by atoms with Crippen LogP contribution in [0.4, 0.5) is 0 Å². The van der Waals surface area contributed by atoms with Gasteiger partial charge < -0.3 is 4.74 Å². The van der Waals surface area contributed by atoms with Gasteiger partial charge in [-0.2, -0.15) is 0 Å². The third-order valence-corrected chi connectivity index (χ3v) is 4.44. The average molecular weight is 322 g/mol. The van der Waals surface area contributed by atoms with Crippen molar-refractivity contribution in [2.75, 3.05) is 7.11 Å². The Hall–Kier alpha value is -1.94. The normalized spacial score (nSPS) is 10.4. The molecular weight excluding hydrogens is 292 g/mol. The smallest absolute Gasteiger partial charge is 0.119 e. The fourth-order valence-electron chi connectivity index (χ4n) is 2.94. The molecule has 0 radical (unpaired) electrons. The van der Waals surface area contributed by atoms with Crippen LogP contribution in [-0.2, 0) is 0 Å². The van der Waals surface area contributed by atoms with E-state index in [4.69, 9.17) is 4.74 Å². The molecule has 0 aromatic heterocycles. The first-order chi connectivity index (χ1) is 11.8. The maximum Gasteiger partial charge on any atom is 0.119 e. The van der Waals surface area contributed by atoms with Crippen LogP contribution in [0, 0.1) is 11.8 Å². The quantitative estimate of drug-likeness (QED) is 0.367. The van der Waals surface area contributed by atoms with Gasteiger partial charge in [0.15, 0.2) is 0 Å². The van der Waals surface area contributed by atoms with Gasteiger partial charge in [-0.05, 0) is 41.5 Å². The minimum absolute atomic E-state index is 0.899. The van der Waals surface area contributed by atoms with Crippen LogP contribution in [0.25, 0.3) is 10.8 Å². The minimum atomic E-state index is 0.899. The van der Waals surface area contributed by atoms with Crippen molar-refractivity contribution in [2.24, 2.45) is 0 Å². The maximum atomic E-state index is 5.26. The fraction of sp³-hybridized carbons (Fsp3) is 0.478. The highest BCUT2D eigenvalue weighted by molar-refractivity contribution is 5.85. The standard InChI is InChI=1S/C23H30O/c1-3-4-5-6-7-8-9-10-11-12-13-20-14-15-22-19-23(24-2)17-16-21(22)18-20/h14-19H,3-11H2,1-2H3. The molecule has 0 aliphatic rings. The predicted octanol–water partition coefficient (Wildman–Crippen LogP) is 6.73. The molecular formula is C23H30O. The van der Waals surface area contributed by atoms with Crippen LogP contribution in [0.1, 0.15) is 70.3 Å². The Morgan fingerprint density at radius 3 is 2.21 bits per heavy atom. The minimum Gasteiger partial charge on any atom is -0.497 e. The first-order valence-electron chi connectivity index (χ1n) is 9.40. The summed E-state index contributed by atoms with van der Waals surface area (Å²) in [5, 5.41) is 2.41. The lowest BCUT2D eigenvalue weighted by atomic mass is 10.1. The summed E-state index contributed by atoms with van der Waals surface area (Å²) < 4.78 is 5.26. The summed E-state index contributed by atoms with van der Waals surface area (Å²) in [5.74, 6) is 7.53. The van der Waals surface area contributed by atoms with E-state index in [1.807, 2.05) is 6.07 Å². The van der Waals surface area contributed by atoms with Crippen molar-refractivity contribution in [2.45, 2.75) is 64.7 Å². The number of unbranched alkanes of at least 4 members (excludes halogenated alkanes) is 8. The van der Waals surface area contributed by atoms with Gasteiger partial charge in [0.1, 0.15) is 5.75 Å². The summed E-state index contributed by atoms with van der Waals surface area (Å²) in [5.41, 5.74) is 1.10. The number of fused-ring (bicyclic) bond motifs is 1. The van der Waals surface area contributed by atoms with Crippen LogP contribution in [-0.4, -0.2) is 7.11 Å². The van der Waals surface area contributed by atoms with Gasteiger partial charge in [-0.15, -0.1) is 0 Å². The molecule has 0 fully saturated rings. The molecule has 0 unspecified atom stereocenters. The van der Waals surface area contributed by atoms with Crippen molar-refractivity contribution in [3.05, 3.63) is 42.0 Å². The third kappa shape index (κ3) is 6.28. The van der Waals surface area contributed by atoms with Crippen molar-refractivity contribution in [1.82, 2.24) is 0 Å². The van der Waals surface area contributed by atoms with Crippen LogP contribution in [0.3, 0.4) is 0 Å². The molecule has 0 atom stereocenters. The molecule has 0 N–H and O–H groups in total. The summed E-state index contributed by atoms with van der Waals surface area (Å²) >= 11 is 0. The van der Waals surface area contributed by atoms with Crippen LogP contribution >= 0.6 is 0 Å². The Morgan fingerprint density at radius 1 is 0.792 bits per heavy atom. The number of methoxy groups -OCH3 is 1. The van der Waals surface area contributed by atoms with Crippen molar-refractivity contribution >= 4 is 10.8 Å². The van der Waals surface area contributed by atoms with E-state index in [1.54, 1.807) is 7.11 Å². The summed E-state index contributed by atoms with van der Waals surface area (Å²) in [6.07, 6.45) is 11.8. The first kappa shape index (κ1) is 18.4. The lowest BCUT2D eigenvalue weighted by Crippen LogP contribution is -1.83. The molecule has 0 aliphatic carbocycles. The van der Waals surface area contributed by atoms with Gasteiger partial charge in [-0.1, -0.05) is 75.8 Å². The van der Waals surface area contributed by atoms with Crippen LogP contribution in [0.2, 0.25) is 0 Å². The summed E-state index contributed by atoms with van der Waals surface area (Å²) in [7, 11) is 1.70. The molecule has 0 bridgehead atoms. The zero-order chi connectivity index (χ0) is 17.0. The molecule has 1 nitrogen and oxygen atoms in total. The molecule has 2 aromatic carbocycles. The molecule has 24 heavy (non-hydrogen) atoms. The summed E-state index contributed by atoms with van der Waals surface area (Å²) in [6.45, 7) is 2.27. The van der Waals surface area contributed by atoms with Crippen molar-refractivity contribution in [3.63, 3.8) is 0 Å². The Balaban J connectivity index is 1.72. The maximum absolute atomic E-state index is 5.26. The van der Waals surface area contributed by atoms with Gasteiger partial charge in [0.05, 0.1) is 7.11 Å². The van der Waals surface area contributed by atoms with Crippen LogP contribution < -0.4 is 4.74 Å². The molecule has 0 saturated heterocycles. The van der Waals surface area contributed by atoms with Gasteiger partial charge in [0.25, 0.3) is 0 Å². The van der Waals surface area contributed by atoms with E-state index in [0.29, 0.717) is 0 Å². The average Bonchev–Trinajstić information content (AvgIpc) is 2.62. The molecule has 0 aliphatic heterocycles. The monoisotopic (exact) mass is 322 g/mol. The van der Waals surface area contributed by atoms with E-state index in [1.165, 1.54) is 62.1 Å². The van der Waals surface area contributed by atoms with Crippen molar-refractivity contribution in [3.8, 4) is 17.6 Å². The fourth-order valence-corrected chi connectivity index (χ4v) is 2.94. The van der Waals surface area contributed by atoms with Gasteiger partial charge in [-0.3, -0.25) is 0 Å². The van der Waals surface area contributed by atoms with Gasteiger partial charge in [-0.25, -0.2) is 0 Å². The molecule has 0 spiro atoms. The Labute approximate surface area is 147 Å². The second-order valence-corrected chi connectivity index (χ2v) is 6.45. The largest absolute Gasteiger partial charge is 0.497 e. The molecule has 0 heterocycles. The van der Waals surface area contributed by atoms with Crippen molar-refractivity contribution < 1.29 is 4.74 Å². The Bertz CT molecular complexity index is 675. The SMILES string of the molecule is CCCCCCCCCCC#Cc1ccc2cc(OC)ccc2c1. The van der Waals surface area contributed by atoms with E-state index in [2.05, 4.69) is 49.1 Å². The molecule has 2 aromatic rings. The number of hydrogen-bond acceptors (Lipinski definition) is 1. The highest BCUT2D eigenvalue weighted by Gasteiger charge is 1.97. The summed E-state index contributed by atoms with van der Waals surface area (Å²) in [4.78, 5) is 0. The number of ether oxygens (including phenoxy) is 1. The van der Waals surface area contributed by atoms with Gasteiger partial charge >= 0.3 is 0 Å². The third-order valence-electron chi connectivity index (χ3n) is 4.44. The number of benzene rings is 2. The molecule has 0 amide bonds. The van der Waals surface area contributed by atoms with Gasteiger partial charge in [0.2, 0.25) is 0 Å². The van der Waals surface area contributed by atoms with E-state index in [9.17, 15) is 0 Å². The number of rotatable bonds is 9. The molecule has 2 rings (SSSR count). The van der Waals surface area contributed by atoms with Crippen molar-refractivity contribution in [1.29, 1.82) is 0 Å². The molecule has 128 valence electrons. The second-order valence-electron chi connectivity index (χ2n) is 6.45. The predicted molar refractivity (Wildman–Crippen MR) is 105 cm³/mol. The molecule has 1 heteroatoms. The van der Waals surface area contributed by atoms with Crippen LogP contribution in [0.5, 0.6) is 5.75 Å². The summed E-state index contributed by atoms with van der Waals surface area (Å²) in [6, 6.07) is 12.5. The second kappa shape index (κ2) is 10.8. The zero-order valence-electron chi connectivity index (χ0n) is 15.2. The topological polar surface area (TPSA) is 9.23 Å². The van der Waals surface area contributed by atoms with E-state index in [0.717, 1.165) is 17.7 Å². The first-order valence-corrected chi connectivity index (χ1v) is 9.40.